The highest BCUT2D eigenvalue weighted by molar-refractivity contribution is 5.78. The third kappa shape index (κ3) is 4.39. The van der Waals surface area contributed by atoms with E-state index in [4.69, 9.17) is 5.11 Å². The molecule has 0 aliphatic heterocycles. The van der Waals surface area contributed by atoms with Crippen molar-refractivity contribution in [2.45, 2.75) is 12.8 Å². The lowest BCUT2D eigenvalue weighted by molar-refractivity contribution is -0.120. The number of hydrogen-bond acceptors (Lipinski definition) is 2. The average molecular weight is 273 g/mol. The molecular weight excluding hydrogens is 257 g/mol. The van der Waals surface area contributed by atoms with E-state index in [9.17, 15) is 9.18 Å². The number of rotatable bonds is 5. The Labute approximate surface area is 117 Å². The molecular formula is C16H16FNO2. The van der Waals surface area contributed by atoms with Crippen molar-refractivity contribution >= 4 is 5.91 Å². The van der Waals surface area contributed by atoms with Gasteiger partial charge in [0.2, 0.25) is 5.91 Å². The summed E-state index contributed by atoms with van der Waals surface area (Å²) in [5.74, 6) is -0.161. The molecule has 2 aromatic rings. The summed E-state index contributed by atoms with van der Waals surface area (Å²) in [6.45, 7) is 0.533. The Balaban J connectivity index is 1.75. The molecule has 0 aromatic heterocycles. The number of aromatic hydroxyl groups is 1. The van der Waals surface area contributed by atoms with Crippen LogP contribution in [0.4, 0.5) is 4.39 Å². The predicted octanol–water partition coefficient (Wildman–Crippen LogP) is 2.43. The topological polar surface area (TPSA) is 49.3 Å². The molecule has 0 heterocycles. The SMILES string of the molecule is O=C(Cc1ccc(F)cc1)NCCc1ccc(O)cc1. The second-order valence-corrected chi connectivity index (χ2v) is 4.57. The molecule has 0 bridgehead atoms. The van der Waals surface area contributed by atoms with Crippen molar-refractivity contribution in [1.29, 1.82) is 0 Å². The summed E-state index contributed by atoms with van der Waals surface area (Å²) in [4.78, 5) is 11.7. The molecule has 2 aromatic carbocycles. The molecule has 0 aliphatic carbocycles. The first kappa shape index (κ1) is 14.1. The van der Waals surface area contributed by atoms with Gasteiger partial charge in [0.25, 0.3) is 0 Å². The summed E-state index contributed by atoms with van der Waals surface area (Å²) in [6.07, 6.45) is 0.950. The number of phenols is 1. The molecule has 20 heavy (non-hydrogen) atoms. The summed E-state index contributed by atoms with van der Waals surface area (Å²) in [6, 6.07) is 12.8. The molecule has 0 saturated heterocycles. The highest BCUT2D eigenvalue weighted by Crippen LogP contribution is 2.09. The Morgan fingerprint density at radius 3 is 2.25 bits per heavy atom. The number of nitrogens with one attached hydrogen (secondary N) is 1. The van der Waals surface area contributed by atoms with Crippen molar-refractivity contribution in [2.75, 3.05) is 6.54 Å². The number of carbonyl (C=O) groups excluding carboxylic acids is 1. The maximum absolute atomic E-state index is 12.7. The van der Waals surface area contributed by atoms with Gasteiger partial charge in [-0.15, -0.1) is 0 Å². The largest absolute Gasteiger partial charge is 0.508 e. The van der Waals surface area contributed by atoms with E-state index < -0.39 is 0 Å². The molecule has 0 fully saturated rings. The Bertz CT molecular complexity index is 564. The summed E-state index contributed by atoms with van der Waals surface area (Å²) in [5, 5.41) is 12.0. The fourth-order valence-corrected chi connectivity index (χ4v) is 1.86. The van der Waals surface area contributed by atoms with Crippen LogP contribution in [0.2, 0.25) is 0 Å². The molecule has 0 saturated carbocycles. The van der Waals surface area contributed by atoms with Gasteiger partial charge >= 0.3 is 0 Å². The van der Waals surface area contributed by atoms with Gasteiger partial charge in [0.1, 0.15) is 11.6 Å². The van der Waals surface area contributed by atoms with Crippen LogP contribution in [0.3, 0.4) is 0 Å². The zero-order valence-electron chi connectivity index (χ0n) is 11.0. The zero-order valence-corrected chi connectivity index (χ0v) is 11.0. The first-order chi connectivity index (χ1) is 9.63. The molecule has 3 nitrogen and oxygen atoms in total. The number of amides is 1. The Hall–Kier alpha value is -2.36. The summed E-state index contributed by atoms with van der Waals surface area (Å²) in [5.41, 5.74) is 1.83. The minimum atomic E-state index is -0.304. The third-order valence-electron chi connectivity index (χ3n) is 2.95. The van der Waals surface area contributed by atoms with E-state index in [-0.39, 0.29) is 23.9 Å². The highest BCUT2D eigenvalue weighted by atomic mass is 19.1. The normalized spacial score (nSPS) is 10.2. The number of carbonyl (C=O) groups is 1. The van der Waals surface area contributed by atoms with Gasteiger partial charge in [-0.1, -0.05) is 24.3 Å². The Morgan fingerprint density at radius 2 is 1.60 bits per heavy atom. The van der Waals surface area contributed by atoms with Crippen LogP contribution in [-0.4, -0.2) is 17.6 Å². The first-order valence-corrected chi connectivity index (χ1v) is 6.42. The molecule has 2 N–H and O–H groups in total. The number of halogens is 1. The maximum atomic E-state index is 12.7. The smallest absolute Gasteiger partial charge is 0.224 e. The second kappa shape index (κ2) is 6.70. The summed E-state index contributed by atoms with van der Waals surface area (Å²) >= 11 is 0. The van der Waals surface area contributed by atoms with E-state index in [1.807, 2.05) is 12.1 Å². The number of hydrogen-bond donors (Lipinski definition) is 2. The van der Waals surface area contributed by atoms with Gasteiger partial charge in [0.15, 0.2) is 0 Å². The molecule has 0 radical (unpaired) electrons. The van der Waals surface area contributed by atoms with Crippen LogP contribution in [0.5, 0.6) is 5.75 Å². The van der Waals surface area contributed by atoms with E-state index in [2.05, 4.69) is 5.32 Å². The van der Waals surface area contributed by atoms with E-state index in [1.54, 1.807) is 24.3 Å². The lowest BCUT2D eigenvalue weighted by atomic mass is 10.1. The molecule has 4 heteroatoms. The minimum absolute atomic E-state index is 0.0876. The fraction of sp³-hybridized carbons (Fsp3) is 0.188. The van der Waals surface area contributed by atoms with Gasteiger partial charge in [0.05, 0.1) is 6.42 Å². The Kier molecular flexibility index (Phi) is 4.71. The van der Waals surface area contributed by atoms with E-state index in [0.29, 0.717) is 13.0 Å². The summed E-state index contributed by atoms with van der Waals surface area (Å²) in [7, 11) is 0. The van der Waals surface area contributed by atoms with Gasteiger partial charge in [-0.05, 0) is 41.8 Å². The molecule has 104 valence electrons. The van der Waals surface area contributed by atoms with Crippen LogP contribution in [-0.2, 0) is 17.6 Å². The van der Waals surface area contributed by atoms with Crippen molar-refractivity contribution in [3.8, 4) is 5.75 Å². The lowest BCUT2D eigenvalue weighted by Crippen LogP contribution is -2.27. The average Bonchev–Trinajstić information content (AvgIpc) is 2.44. The number of benzene rings is 2. The molecule has 0 aliphatic rings. The molecule has 0 atom stereocenters. The fourth-order valence-electron chi connectivity index (χ4n) is 1.86. The van der Waals surface area contributed by atoms with Crippen LogP contribution >= 0.6 is 0 Å². The van der Waals surface area contributed by atoms with Crippen molar-refractivity contribution in [1.82, 2.24) is 5.32 Å². The van der Waals surface area contributed by atoms with E-state index in [0.717, 1.165) is 11.1 Å². The van der Waals surface area contributed by atoms with Gasteiger partial charge < -0.3 is 10.4 Å². The van der Waals surface area contributed by atoms with Crippen LogP contribution < -0.4 is 5.32 Å². The van der Waals surface area contributed by atoms with Crippen molar-refractivity contribution in [3.63, 3.8) is 0 Å². The maximum Gasteiger partial charge on any atom is 0.224 e. The van der Waals surface area contributed by atoms with Gasteiger partial charge in [-0.25, -0.2) is 4.39 Å². The quantitative estimate of drug-likeness (QED) is 0.879. The molecule has 0 spiro atoms. The highest BCUT2D eigenvalue weighted by Gasteiger charge is 2.03. The standard InChI is InChI=1S/C16H16FNO2/c17-14-5-1-13(2-6-14)11-16(20)18-10-9-12-3-7-15(19)8-4-12/h1-8,19H,9-11H2,(H,18,20). The predicted molar refractivity (Wildman–Crippen MR) is 74.9 cm³/mol. The van der Waals surface area contributed by atoms with Crippen LogP contribution in [0.1, 0.15) is 11.1 Å². The van der Waals surface area contributed by atoms with Gasteiger partial charge in [-0.3, -0.25) is 4.79 Å². The second-order valence-electron chi connectivity index (χ2n) is 4.57. The third-order valence-corrected chi connectivity index (χ3v) is 2.95. The Morgan fingerprint density at radius 1 is 1.00 bits per heavy atom. The van der Waals surface area contributed by atoms with E-state index in [1.165, 1.54) is 12.1 Å². The number of phenolic OH excluding ortho intramolecular Hbond substituents is 1. The van der Waals surface area contributed by atoms with Crippen molar-refractivity contribution < 1.29 is 14.3 Å². The van der Waals surface area contributed by atoms with Crippen LogP contribution in [0.15, 0.2) is 48.5 Å². The van der Waals surface area contributed by atoms with Gasteiger partial charge in [-0.2, -0.15) is 0 Å². The minimum Gasteiger partial charge on any atom is -0.508 e. The zero-order chi connectivity index (χ0) is 14.4. The first-order valence-electron chi connectivity index (χ1n) is 6.42. The molecule has 2 rings (SSSR count). The van der Waals surface area contributed by atoms with Crippen LogP contribution in [0.25, 0.3) is 0 Å². The summed E-state index contributed by atoms with van der Waals surface area (Å²) < 4.78 is 12.7. The lowest BCUT2D eigenvalue weighted by Gasteiger charge is -2.06. The van der Waals surface area contributed by atoms with Crippen molar-refractivity contribution in [2.24, 2.45) is 0 Å². The monoisotopic (exact) mass is 273 g/mol. The van der Waals surface area contributed by atoms with Crippen LogP contribution in [0, 0.1) is 5.82 Å². The molecule has 1 amide bonds. The van der Waals surface area contributed by atoms with Crippen molar-refractivity contribution in [3.05, 3.63) is 65.5 Å². The van der Waals surface area contributed by atoms with Gasteiger partial charge in [0, 0.05) is 6.54 Å². The molecule has 0 unspecified atom stereocenters. The van der Waals surface area contributed by atoms with E-state index >= 15 is 0 Å².